The normalized spacial score (nSPS) is 11.2. The first-order valence-electron chi connectivity index (χ1n) is 8.52. The van der Waals surface area contributed by atoms with Crippen LogP contribution in [0.15, 0.2) is 36.4 Å². The maximum atomic E-state index is 13.2. The number of rotatable bonds is 8. The highest BCUT2D eigenvalue weighted by molar-refractivity contribution is 5.77. The molecule has 29 heavy (non-hydrogen) atoms. The van der Waals surface area contributed by atoms with E-state index in [2.05, 4.69) is 10.1 Å². The zero-order valence-electron chi connectivity index (χ0n) is 15.8. The molecule has 0 heterocycles. The smallest absolute Gasteiger partial charge is 0.416 e. The Morgan fingerprint density at radius 1 is 1.07 bits per heavy atom. The molecule has 0 bridgehead atoms. The van der Waals surface area contributed by atoms with Gasteiger partial charge in [0.1, 0.15) is 5.75 Å². The maximum absolute atomic E-state index is 13.2. The van der Waals surface area contributed by atoms with Crippen molar-refractivity contribution in [2.75, 3.05) is 20.8 Å². The van der Waals surface area contributed by atoms with Crippen LogP contribution in [0.2, 0.25) is 0 Å². The number of hydrogen-bond acceptors (Lipinski definition) is 5. The fourth-order valence-corrected chi connectivity index (χ4v) is 2.80. The fourth-order valence-electron chi connectivity index (χ4n) is 2.80. The summed E-state index contributed by atoms with van der Waals surface area (Å²) in [6, 6.07) is 7.96. The third-order valence-corrected chi connectivity index (χ3v) is 4.15. The second kappa shape index (κ2) is 9.42. The number of alkyl halides is 3. The predicted octanol–water partition coefficient (Wildman–Crippen LogP) is 3.27. The van der Waals surface area contributed by atoms with E-state index in [4.69, 9.17) is 9.84 Å². The van der Waals surface area contributed by atoms with Crippen LogP contribution in [0, 0.1) is 0 Å². The zero-order valence-corrected chi connectivity index (χ0v) is 15.8. The molecule has 0 aromatic heterocycles. The van der Waals surface area contributed by atoms with Crippen molar-refractivity contribution < 1.29 is 37.3 Å². The monoisotopic (exact) mass is 411 g/mol. The average Bonchev–Trinajstić information content (AvgIpc) is 2.66. The Kier molecular flexibility index (Phi) is 7.22. The van der Waals surface area contributed by atoms with Crippen molar-refractivity contribution in [2.24, 2.45) is 0 Å². The summed E-state index contributed by atoms with van der Waals surface area (Å²) in [6.45, 7) is -0.219. The minimum Gasteiger partial charge on any atom is -0.496 e. The Balaban J connectivity index is 2.52. The molecule has 6 nitrogen and oxygen atoms in total. The van der Waals surface area contributed by atoms with Crippen molar-refractivity contribution in [2.45, 2.75) is 19.1 Å². The Labute approximate surface area is 165 Å². The summed E-state index contributed by atoms with van der Waals surface area (Å²) in [5.74, 6) is -1.21. The van der Waals surface area contributed by atoms with Gasteiger partial charge in [0.05, 0.1) is 32.7 Å². The van der Waals surface area contributed by atoms with Crippen molar-refractivity contribution >= 4 is 11.9 Å². The highest BCUT2D eigenvalue weighted by Gasteiger charge is 2.31. The Morgan fingerprint density at radius 3 is 2.38 bits per heavy atom. The van der Waals surface area contributed by atoms with E-state index in [9.17, 15) is 22.8 Å². The number of carbonyl (C=O) groups is 2. The predicted molar refractivity (Wildman–Crippen MR) is 98.5 cm³/mol. The Morgan fingerprint density at radius 2 is 1.79 bits per heavy atom. The SMILES string of the molecule is COC(=O)CNCc1cc(C(F)(F)F)ccc1-c1cc(CC(=O)O)ccc1OC. The van der Waals surface area contributed by atoms with Crippen LogP contribution in [-0.4, -0.2) is 37.8 Å². The van der Waals surface area contributed by atoms with E-state index in [-0.39, 0.29) is 25.1 Å². The molecule has 0 unspecified atom stereocenters. The first-order chi connectivity index (χ1) is 13.7. The summed E-state index contributed by atoms with van der Waals surface area (Å²) in [4.78, 5) is 22.3. The highest BCUT2D eigenvalue weighted by atomic mass is 19.4. The third-order valence-electron chi connectivity index (χ3n) is 4.15. The number of benzene rings is 2. The Bertz CT molecular complexity index is 896. The number of esters is 1. The van der Waals surface area contributed by atoms with Crippen LogP contribution in [0.5, 0.6) is 5.75 Å². The van der Waals surface area contributed by atoms with Gasteiger partial charge in [0.15, 0.2) is 0 Å². The quantitative estimate of drug-likeness (QED) is 0.649. The molecule has 2 rings (SSSR count). The minimum absolute atomic E-state index is 0.0410. The second-order valence-electron chi connectivity index (χ2n) is 6.15. The van der Waals surface area contributed by atoms with E-state index in [0.717, 1.165) is 12.1 Å². The molecular weight excluding hydrogens is 391 g/mol. The molecule has 9 heteroatoms. The van der Waals surface area contributed by atoms with Crippen LogP contribution in [0.1, 0.15) is 16.7 Å². The number of halogens is 3. The number of carboxylic acids is 1. The average molecular weight is 411 g/mol. The van der Waals surface area contributed by atoms with Gasteiger partial charge < -0.3 is 19.9 Å². The zero-order chi connectivity index (χ0) is 21.6. The van der Waals surface area contributed by atoms with Gasteiger partial charge in [0.25, 0.3) is 0 Å². The van der Waals surface area contributed by atoms with Gasteiger partial charge in [-0.05, 0) is 41.0 Å². The number of carbonyl (C=O) groups excluding carboxylic acids is 1. The van der Waals surface area contributed by atoms with Gasteiger partial charge in [0, 0.05) is 12.1 Å². The lowest BCUT2D eigenvalue weighted by Gasteiger charge is -2.17. The van der Waals surface area contributed by atoms with Crippen LogP contribution in [0.3, 0.4) is 0 Å². The van der Waals surface area contributed by atoms with Crippen molar-refractivity contribution in [1.82, 2.24) is 5.32 Å². The van der Waals surface area contributed by atoms with Gasteiger partial charge in [-0.1, -0.05) is 12.1 Å². The topological polar surface area (TPSA) is 84.9 Å². The molecular formula is C20H20F3NO5. The number of nitrogens with one attached hydrogen (secondary N) is 1. The summed E-state index contributed by atoms with van der Waals surface area (Å²) in [5, 5.41) is 11.8. The van der Waals surface area contributed by atoms with Gasteiger partial charge in [-0.2, -0.15) is 13.2 Å². The number of methoxy groups -OCH3 is 2. The van der Waals surface area contributed by atoms with E-state index in [1.165, 1.54) is 20.3 Å². The summed E-state index contributed by atoms with van der Waals surface area (Å²) < 4.78 is 49.3. The number of carboxylic acid groups (broad SMARTS) is 1. The molecule has 2 N–H and O–H groups in total. The van der Waals surface area contributed by atoms with E-state index < -0.39 is 23.7 Å². The first kappa shape index (κ1) is 22.2. The standard InChI is InChI=1S/C20H20F3NO5/c1-28-17-6-3-12(8-18(25)26)7-16(17)15-5-4-14(20(21,22)23)9-13(15)10-24-11-19(27)29-2/h3-7,9,24H,8,10-11H2,1-2H3,(H,25,26). The highest BCUT2D eigenvalue weighted by Crippen LogP contribution is 2.37. The molecule has 0 saturated heterocycles. The molecule has 0 aliphatic rings. The van der Waals surface area contributed by atoms with Crippen molar-refractivity contribution in [1.29, 1.82) is 0 Å². The number of ether oxygens (including phenoxy) is 2. The first-order valence-corrected chi connectivity index (χ1v) is 8.52. The summed E-state index contributed by atoms with van der Waals surface area (Å²) in [7, 11) is 2.62. The minimum atomic E-state index is -4.54. The molecule has 0 aliphatic carbocycles. The van der Waals surface area contributed by atoms with E-state index in [0.29, 0.717) is 22.4 Å². The van der Waals surface area contributed by atoms with E-state index >= 15 is 0 Å². The molecule has 0 fully saturated rings. The lowest BCUT2D eigenvalue weighted by Crippen LogP contribution is -2.24. The van der Waals surface area contributed by atoms with Crippen molar-refractivity contribution in [3.05, 3.63) is 53.1 Å². The third kappa shape index (κ3) is 5.95. The van der Waals surface area contributed by atoms with Gasteiger partial charge >= 0.3 is 18.1 Å². The van der Waals surface area contributed by atoms with Gasteiger partial charge in [-0.15, -0.1) is 0 Å². The number of hydrogen-bond donors (Lipinski definition) is 2. The molecule has 0 radical (unpaired) electrons. The molecule has 2 aromatic carbocycles. The fraction of sp³-hybridized carbons (Fsp3) is 0.300. The summed E-state index contributed by atoms with van der Waals surface area (Å²) in [6.07, 6.45) is -4.78. The molecule has 0 spiro atoms. The lowest BCUT2D eigenvalue weighted by molar-refractivity contribution is -0.140. The van der Waals surface area contributed by atoms with Crippen molar-refractivity contribution in [3.8, 4) is 16.9 Å². The molecule has 2 aromatic rings. The van der Waals surface area contributed by atoms with E-state index in [1.807, 2.05) is 0 Å². The van der Waals surface area contributed by atoms with Gasteiger partial charge in [-0.3, -0.25) is 9.59 Å². The molecule has 0 atom stereocenters. The molecule has 0 amide bonds. The Hall–Kier alpha value is -3.07. The van der Waals surface area contributed by atoms with Crippen LogP contribution >= 0.6 is 0 Å². The molecule has 0 aliphatic heterocycles. The largest absolute Gasteiger partial charge is 0.496 e. The lowest BCUT2D eigenvalue weighted by atomic mass is 9.94. The van der Waals surface area contributed by atoms with Gasteiger partial charge in [0.2, 0.25) is 0 Å². The number of aliphatic carboxylic acids is 1. The van der Waals surface area contributed by atoms with Crippen molar-refractivity contribution in [3.63, 3.8) is 0 Å². The summed E-state index contributed by atoms with van der Waals surface area (Å²) >= 11 is 0. The second-order valence-corrected chi connectivity index (χ2v) is 6.15. The molecule has 0 saturated carbocycles. The molecule has 156 valence electrons. The van der Waals surface area contributed by atoms with Crippen LogP contribution < -0.4 is 10.1 Å². The summed E-state index contributed by atoms with van der Waals surface area (Å²) in [5.41, 5.74) is 0.794. The van der Waals surface area contributed by atoms with Crippen LogP contribution in [-0.2, 0) is 33.5 Å². The van der Waals surface area contributed by atoms with Crippen LogP contribution in [0.25, 0.3) is 11.1 Å². The van der Waals surface area contributed by atoms with Crippen LogP contribution in [0.4, 0.5) is 13.2 Å². The van der Waals surface area contributed by atoms with Gasteiger partial charge in [-0.25, -0.2) is 0 Å². The maximum Gasteiger partial charge on any atom is 0.416 e. The van der Waals surface area contributed by atoms with E-state index in [1.54, 1.807) is 18.2 Å².